The van der Waals surface area contributed by atoms with Crippen LogP contribution in [0.1, 0.15) is 41.7 Å². The predicted octanol–water partition coefficient (Wildman–Crippen LogP) is 3.13. The summed E-state index contributed by atoms with van der Waals surface area (Å²) < 4.78 is 11.1. The zero-order valence-corrected chi connectivity index (χ0v) is 15.6. The van der Waals surface area contributed by atoms with E-state index in [1.54, 1.807) is 18.2 Å². The lowest BCUT2D eigenvalue weighted by molar-refractivity contribution is 0.0886. The van der Waals surface area contributed by atoms with Gasteiger partial charge in [-0.05, 0) is 43.9 Å². The highest BCUT2D eigenvalue weighted by atomic mass is 35.5. The third-order valence-electron chi connectivity index (χ3n) is 4.46. The fraction of sp³-hybridized carbons (Fsp3) is 0.368. The van der Waals surface area contributed by atoms with Crippen molar-refractivity contribution in [3.63, 3.8) is 0 Å². The number of ether oxygens (including phenoxy) is 2. The fourth-order valence-electron chi connectivity index (χ4n) is 3.09. The molecule has 140 valence electrons. The van der Waals surface area contributed by atoms with E-state index in [1.165, 1.54) is 19.5 Å². The van der Waals surface area contributed by atoms with Crippen LogP contribution in [0.3, 0.4) is 0 Å². The number of rotatable bonds is 5. The van der Waals surface area contributed by atoms with Gasteiger partial charge in [-0.1, -0.05) is 11.6 Å². The molecule has 8 heteroatoms. The minimum atomic E-state index is -0.209. The van der Waals surface area contributed by atoms with Crippen molar-refractivity contribution in [2.24, 2.45) is 0 Å². The number of hydrogen-bond acceptors (Lipinski definition) is 6. The molecule has 3 rings (SSSR count). The first kappa shape index (κ1) is 18.9. The molecule has 0 aliphatic heterocycles. The van der Waals surface area contributed by atoms with Crippen molar-refractivity contribution in [1.82, 2.24) is 15.3 Å². The summed E-state index contributed by atoms with van der Waals surface area (Å²) in [5.41, 5.74) is 0.600. The number of methoxy groups -OCH3 is 1. The third-order valence-corrected chi connectivity index (χ3v) is 4.70. The molecule has 7 nitrogen and oxygen atoms in total. The summed E-state index contributed by atoms with van der Waals surface area (Å²) in [5.74, 6) is 0.538. The first-order valence-corrected chi connectivity index (χ1v) is 9.00. The van der Waals surface area contributed by atoms with Crippen molar-refractivity contribution in [3.05, 3.63) is 46.9 Å². The van der Waals surface area contributed by atoms with Gasteiger partial charge in [0, 0.05) is 23.5 Å². The van der Waals surface area contributed by atoms with Gasteiger partial charge in [-0.2, -0.15) is 5.26 Å². The molecule has 1 aromatic carbocycles. The van der Waals surface area contributed by atoms with E-state index in [9.17, 15) is 4.79 Å². The quantitative estimate of drug-likeness (QED) is 0.847. The van der Waals surface area contributed by atoms with Crippen LogP contribution in [0.25, 0.3) is 0 Å². The molecular weight excluding hydrogens is 368 g/mol. The van der Waals surface area contributed by atoms with Crippen LogP contribution in [-0.2, 0) is 0 Å². The number of benzene rings is 1. The van der Waals surface area contributed by atoms with E-state index < -0.39 is 0 Å². The monoisotopic (exact) mass is 386 g/mol. The van der Waals surface area contributed by atoms with Gasteiger partial charge in [-0.3, -0.25) is 4.79 Å². The normalized spacial score (nSPS) is 19.0. The molecule has 1 aromatic heterocycles. The van der Waals surface area contributed by atoms with E-state index in [-0.39, 0.29) is 29.6 Å². The second-order valence-electron chi connectivity index (χ2n) is 6.23. The summed E-state index contributed by atoms with van der Waals surface area (Å²) in [7, 11) is 1.52. The number of carbonyl (C=O) groups excluding carboxylic acids is 1. The van der Waals surface area contributed by atoms with E-state index in [0.717, 1.165) is 25.7 Å². The standard InChI is InChI=1S/C19H19ClN4O3/c1-26-17-7-2-12(20)10-15(17)18(25)24-13-3-5-14(6-4-13)27-19-16(11-21)22-8-9-23-19/h2,7-10,13-14H,3-6H2,1H3,(H,24,25). The minimum Gasteiger partial charge on any atom is -0.496 e. The van der Waals surface area contributed by atoms with Gasteiger partial charge >= 0.3 is 0 Å². The molecule has 27 heavy (non-hydrogen) atoms. The molecule has 1 aliphatic carbocycles. The largest absolute Gasteiger partial charge is 0.496 e. The van der Waals surface area contributed by atoms with Gasteiger partial charge in [-0.15, -0.1) is 0 Å². The van der Waals surface area contributed by atoms with E-state index >= 15 is 0 Å². The van der Waals surface area contributed by atoms with Gasteiger partial charge in [0.25, 0.3) is 11.8 Å². The van der Waals surface area contributed by atoms with Crippen LogP contribution < -0.4 is 14.8 Å². The van der Waals surface area contributed by atoms with Crippen molar-refractivity contribution in [3.8, 4) is 17.7 Å². The van der Waals surface area contributed by atoms with Crippen molar-refractivity contribution < 1.29 is 14.3 Å². The number of carbonyl (C=O) groups is 1. The van der Waals surface area contributed by atoms with Gasteiger partial charge in [0.15, 0.2) is 0 Å². The molecule has 0 spiro atoms. The van der Waals surface area contributed by atoms with Crippen LogP contribution in [-0.4, -0.2) is 35.1 Å². The molecule has 1 aliphatic rings. The maximum Gasteiger partial charge on any atom is 0.255 e. The summed E-state index contributed by atoms with van der Waals surface area (Å²) in [4.78, 5) is 20.6. The Labute approximate surface area is 162 Å². The summed E-state index contributed by atoms with van der Waals surface area (Å²) in [6, 6.07) is 6.97. The van der Waals surface area contributed by atoms with Crippen LogP contribution in [0.5, 0.6) is 11.6 Å². The molecule has 1 heterocycles. The fourth-order valence-corrected chi connectivity index (χ4v) is 3.26. The number of nitrogens with zero attached hydrogens (tertiary/aromatic N) is 3. The highest BCUT2D eigenvalue weighted by molar-refractivity contribution is 6.31. The average molecular weight is 387 g/mol. The van der Waals surface area contributed by atoms with Gasteiger partial charge in [-0.25, -0.2) is 9.97 Å². The van der Waals surface area contributed by atoms with Crippen LogP contribution in [0.2, 0.25) is 5.02 Å². The number of amides is 1. The Bertz CT molecular complexity index is 860. The third kappa shape index (κ3) is 4.66. The van der Waals surface area contributed by atoms with E-state index in [4.69, 9.17) is 26.3 Å². The van der Waals surface area contributed by atoms with E-state index in [1.807, 2.05) is 6.07 Å². The highest BCUT2D eigenvalue weighted by Gasteiger charge is 2.26. The average Bonchev–Trinajstić information content (AvgIpc) is 2.69. The molecular formula is C19H19ClN4O3. The number of aromatic nitrogens is 2. The first-order valence-electron chi connectivity index (χ1n) is 8.63. The Morgan fingerprint density at radius 3 is 2.70 bits per heavy atom. The van der Waals surface area contributed by atoms with Gasteiger partial charge in [0.05, 0.1) is 12.7 Å². The zero-order chi connectivity index (χ0) is 19.2. The molecule has 1 fully saturated rings. The zero-order valence-electron chi connectivity index (χ0n) is 14.8. The molecule has 1 saturated carbocycles. The molecule has 0 radical (unpaired) electrons. The first-order chi connectivity index (χ1) is 13.1. The van der Waals surface area contributed by atoms with E-state index in [0.29, 0.717) is 16.3 Å². The molecule has 0 unspecified atom stereocenters. The molecule has 0 saturated heterocycles. The maximum absolute atomic E-state index is 12.6. The maximum atomic E-state index is 12.6. The smallest absolute Gasteiger partial charge is 0.255 e. The lowest BCUT2D eigenvalue weighted by Gasteiger charge is -2.29. The lowest BCUT2D eigenvalue weighted by Crippen LogP contribution is -2.40. The summed E-state index contributed by atoms with van der Waals surface area (Å²) in [6.07, 6.45) is 5.94. The van der Waals surface area contributed by atoms with Gasteiger partial charge < -0.3 is 14.8 Å². The second-order valence-corrected chi connectivity index (χ2v) is 6.67. The predicted molar refractivity (Wildman–Crippen MR) is 98.9 cm³/mol. The Balaban J connectivity index is 1.56. The summed E-state index contributed by atoms with van der Waals surface area (Å²) in [6.45, 7) is 0. The Morgan fingerprint density at radius 2 is 2.00 bits per heavy atom. The molecule has 1 N–H and O–H groups in total. The Morgan fingerprint density at radius 1 is 1.26 bits per heavy atom. The van der Waals surface area contributed by atoms with Crippen molar-refractivity contribution in [1.29, 1.82) is 5.26 Å². The second kappa shape index (κ2) is 8.69. The van der Waals surface area contributed by atoms with Gasteiger partial charge in [0.2, 0.25) is 5.69 Å². The number of hydrogen-bond donors (Lipinski definition) is 1. The van der Waals surface area contributed by atoms with Crippen LogP contribution in [0, 0.1) is 11.3 Å². The Kier molecular flexibility index (Phi) is 6.09. The highest BCUT2D eigenvalue weighted by Crippen LogP contribution is 2.26. The van der Waals surface area contributed by atoms with Crippen molar-refractivity contribution in [2.45, 2.75) is 37.8 Å². The Hall–Kier alpha value is -2.85. The van der Waals surface area contributed by atoms with Crippen LogP contribution in [0.4, 0.5) is 0 Å². The lowest BCUT2D eigenvalue weighted by atomic mass is 9.92. The molecule has 2 aromatic rings. The van der Waals surface area contributed by atoms with E-state index in [2.05, 4.69) is 15.3 Å². The molecule has 0 bridgehead atoms. The topological polar surface area (TPSA) is 97.1 Å². The van der Waals surface area contributed by atoms with Crippen molar-refractivity contribution in [2.75, 3.05) is 7.11 Å². The SMILES string of the molecule is COc1ccc(Cl)cc1C(=O)NC1CCC(Oc2nccnc2C#N)CC1. The molecule has 1 amide bonds. The molecule has 0 atom stereocenters. The van der Waals surface area contributed by atoms with Crippen molar-refractivity contribution >= 4 is 17.5 Å². The van der Waals surface area contributed by atoms with Gasteiger partial charge in [0.1, 0.15) is 17.9 Å². The number of nitrogens with one attached hydrogen (secondary N) is 1. The number of halogens is 1. The summed E-state index contributed by atoms with van der Waals surface area (Å²) >= 11 is 6.00. The van der Waals surface area contributed by atoms with Crippen LogP contribution >= 0.6 is 11.6 Å². The minimum absolute atomic E-state index is 0.0401. The van der Waals surface area contributed by atoms with Crippen LogP contribution in [0.15, 0.2) is 30.6 Å². The number of nitriles is 1. The summed E-state index contributed by atoms with van der Waals surface area (Å²) in [5, 5.41) is 12.6.